The first-order valence-corrected chi connectivity index (χ1v) is 11.9. The summed E-state index contributed by atoms with van der Waals surface area (Å²) in [5, 5.41) is 3.07. The van der Waals surface area contributed by atoms with E-state index in [9.17, 15) is 14.4 Å². The third-order valence-corrected chi connectivity index (χ3v) is 7.40. The predicted molar refractivity (Wildman–Crippen MR) is 124 cm³/mol. The Balaban J connectivity index is 1.40. The van der Waals surface area contributed by atoms with E-state index in [2.05, 4.69) is 17.2 Å². The number of ether oxygens (including phenoxy) is 2. The maximum absolute atomic E-state index is 13.3. The Morgan fingerprint density at radius 3 is 2.24 bits per heavy atom. The molecule has 0 bridgehead atoms. The summed E-state index contributed by atoms with van der Waals surface area (Å²) in [6.45, 7) is 6.97. The Bertz CT molecular complexity index is 960. The Labute approximate surface area is 195 Å². The largest absolute Gasteiger partial charge is 0.376 e. The molecular formula is C27H33NO5. The van der Waals surface area contributed by atoms with Gasteiger partial charge in [0.2, 0.25) is 0 Å². The zero-order chi connectivity index (χ0) is 23.6. The fourth-order valence-electron chi connectivity index (χ4n) is 5.82. The minimum atomic E-state index is -0.667. The molecule has 2 saturated carbocycles. The highest BCUT2D eigenvalue weighted by Gasteiger charge is 2.47. The molecule has 1 aromatic carbocycles. The third kappa shape index (κ3) is 5.05. The molecule has 1 unspecified atom stereocenters. The van der Waals surface area contributed by atoms with Crippen molar-refractivity contribution in [2.45, 2.75) is 77.4 Å². The van der Waals surface area contributed by atoms with Crippen molar-refractivity contribution < 1.29 is 23.9 Å². The zero-order valence-electron chi connectivity index (χ0n) is 19.8. The quantitative estimate of drug-likeness (QED) is 0.564. The summed E-state index contributed by atoms with van der Waals surface area (Å²) in [5.74, 6) is 5.23. The van der Waals surface area contributed by atoms with Crippen molar-refractivity contribution in [2.24, 2.45) is 5.41 Å². The molecular weight excluding hydrogens is 418 g/mol. The number of ketones is 2. The number of carbonyl (C=O) groups excluding carboxylic acids is 3. The molecule has 1 atom stereocenters. The van der Waals surface area contributed by atoms with E-state index in [0.717, 1.165) is 47.9 Å². The van der Waals surface area contributed by atoms with Crippen LogP contribution in [0.15, 0.2) is 12.1 Å². The van der Waals surface area contributed by atoms with Crippen molar-refractivity contribution in [3.05, 3.63) is 34.4 Å². The lowest BCUT2D eigenvalue weighted by Gasteiger charge is -2.44. The summed E-state index contributed by atoms with van der Waals surface area (Å²) in [6, 6.07) is 3.99. The molecule has 0 radical (unpaired) electrons. The molecule has 1 N–H and O–H groups in total. The van der Waals surface area contributed by atoms with Gasteiger partial charge in [-0.15, -0.1) is 5.92 Å². The smallest absolute Gasteiger partial charge is 0.251 e. The van der Waals surface area contributed by atoms with E-state index >= 15 is 0 Å². The predicted octanol–water partition coefficient (Wildman–Crippen LogP) is 3.15. The number of hydrogen-bond donors (Lipinski definition) is 1. The van der Waals surface area contributed by atoms with Crippen molar-refractivity contribution in [1.29, 1.82) is 0 Å². The monoisotopic (exact) mass is 451 g/mol. The van der Waals surface area contributed by atoms with Crippen LogP contribution in [0.4, 0.5) is 0 Å². The van der Waals surface area contributed by atoms with Gasteiger partial charge in [0.15, 0.2) is 6.10 Å². The number of nitrogens with one attached hydrogen (secondary N) is 1. The Kier molecular flexibility index (Phi) is 7.02. The second kappa shape index (κ2) is 9.79. The highest BCUT2D eigenvalue weighted by molar-refractivity contribution is 6.10. The van der Waals surface area contributed by atoms with E-state index < -0.39 is 12.0 Å². The standard InChI is InChI=1S/C27H33NO5/c1-4-5-19-12-17(2)24(18(3)13-19)25-21(29)14-27(15-22(25)30)8-6-20(7-9-27)28-26(31)23-16-32-10-11-33-23/h12-13,20,23,25H,6-11,14-16H2,1-3H3,(H,28,31). The average molecular weight is 452 g/mol. The van der Waals surface area contributed by atoms with Gasteiger partial charge in [0, 0.05) is 24.4 Å². The number of carbonyl (C=O) groups is 3. The van der Waals surface area contributed by atoms with Crippen LogP contribution in [0.1, 0.15) is 73.6 Å². The Morgan fingerprint density at radius 1 is 1.06 bits per heavy atom. The van der Waals surface area contributed by atoms with Crippen LogP contribution in [-0.2, 0) is 23.9 Å². The van der Waals surface area contributed by atoms with Crippen LogP contribution >= 0.6 is 0 Å². The number of Topliss-reactive ketones (excluding diaryl/α,β-unsaturated/α-hetero) is 2. The molecule has 176 valence electrons. The van der Waals surface area contributed by atoms with Crippen LogP contribution in [0.25, 0.3) is 0 Å². The van der Waals surface area contributed by atoms with Crippen LogP contribution < -0.4 is 5.32 Å². The molecule has 33 heavy (non-hydrogen) atoms. The topological polar surface area (TPSA) is 81.7 Å². The number of benzene rings is 1. The summed E-state index contributed by atoms with van der Waals surface area (Å²) < 4.78 is 10.8. The van der Waals surface area contributed by atoms with Gasteiger partial charge in [-0.3, -0.25) is 14.4 Å². The third-order valence-electron chi connectivity index (χ3n) is 7.40. The summed E-state index contributed by atoms with van der Waals surface area (Å²) in [7, 11) is 0. The second-order valence-corrected chi connectivity index (χ2v) is 9.84. The van der Waals surface area contributed by atoms with Crippen molar-refractivity contribution in [3.8, 4) is 11.8 Å². The molecule has 4 rings (SSSR count). The van der Waals surface area contributed by atoms with E-state index in [1.54, 1.807) is 6.92 Å². The van der Waals surface area contributed by atoms with Gasteiger partial charge in [0.1, 0.15) is 17.5 Å². The van der Waals surface area contributed by atoms with E-state index in [4.69, 9.17) is 9.47 Å². The SMILES string of the molecule is CC#Cc1cc(C)c(C2C(=O)CC3(CCC(NC(=O)C4COCCO4)CC3)CC2=O)c(C)c1. The number of aryl methyl sites for hydroxylation is 2. The zero-order valence-corrected chi connectivity index (χ0v) is 19.8. The van der Waals surface area contributed by atoms with E-state index in [-0.39, 0.29) is 35.5 Å². The van der Waals surface area contributed by atoms with E-state index in [0.29, 0.717) is 26.1 Å². The molecule has 0 aromatic heterocycles. The number of hydrogen-bond acceptors (Lipinski definition) is 5. The van der Waals surface area contributed by atoms with Crippen molar-refractivity contribution in [1.82, 2.24) is 5.32 Å². The van der Waals surface area contributed by atoms with Crippen molar-refractivity contribution in [2.75, 3.05) is 19.8 Å². The summed E-state index contributed by atoms with van der Waals surface area (Å²) in [5.41, 5.74) is 3.41. The molecule has 6 heteroatoms. The lowest BCUT2D eigenvalue weighted by Crippen LogP contribution is -2.49. The fraction of sp³-hybridized carbons (Fsp3) is 0.593. The summed E-state index contributed by atoms with van der Waals surface area (Å²) in [6.07, 6.45) is 3.40. The van der Waals surface area contributed by atoms with Crippen LogP contribution in [0.2, 0.25) is 0 Å². The molecule has 1 heterocycles. The first kappa shape index (κ1) is 23.7. The number of rotatable bonds is 3. The minimum Gasteiger partial charge on any atom is -0.376 e. The molecule has 3 fully saturated rings. The first-order chi connectivity index (χ1) is 15.8. The summed E-state index contributed by atoms with van der Waals surface area (Å²) in [4.78, 5) is 39.1. The van der Waals surface area contributed by atoms with Gasteiger partial charge in [0.05, 0.1) is 19.8 Å². The van der Waals surface area contributed by atoms with Gasteiger partial charge in [-0.1, -0.05) is 5.92 Å². The average Bonchev–Trinajstić information content (AvgIpc) is 2.78. The summed E-state index contributed by atoms with van der Waals surface area (Å²) >= 11 is 0. The molecule has 1 aromatic rings. The van der Waals surface area contributed by atoms with Gasteiger partial charge < -0.3 is 14.8 Å². The highest BCUT2D eigenvalue weighted by atomic mass is 16.6. The molecule has 1 saturated heterocycles. The lowest BCUT2D eigenvalue weighted by atomic mass is 9.60. The van der Waals surface area contributed by atoms with E-state index in [1.165, 1.54) is 0 Å². The molecule has 2 aliphatic carbocycles. The van der Waals surface area contributed by atoms with Crippen LogP contribution in [0, 0.1) is 31.1 Å². The van der Waals surface area contributed by atoms with Crippen molar-refractivity contribution >= 4 is 17.5 Å². The van der Waals surface area contributed by atoms with Gasteiger partial charge in [-0.05, 0) is 80.7 Å². The van der Waals surface area contributed by atoms with E-state index in [1.807, 2.05) is 26.0 Å². The normalized spacial score (nSPS) is 30.0. The van der Waals surface area contributed by atoms with Gasteiger partial charge >= 0.3 is 0 Å². The lowest BCUT2D eigenvalue weighted by molar-refractivity contribution is -0.149. The highest BCUT2D eigenvalue weighted by Crippen LogP contribution is 2.49. The van der Waals surface area contributed by atoms with Crippen molar-refractivity contribution in [3.63, 3.8) is 0 Å². The minimum absolute atomic E-state index is 0.0296. The molecule has 1 amide bonds. The second-order valence-electron chi connectivity index (χ2n) is 9.84. The Hall–Kier alpha value is -2.49. The van der Waals surface area contributed by atoms with Gasteiger partial charge in [0.25, 0.3) is 5.91 Å². The maximum Gasteiger partial charge on any atom is 0.251 e. The molecule has 1 aliphatic heterocycles. The first-order valence-electron chi connectivity index (χ1n) is 11.9. The fourth-order valence-corrected chi connectivity index (χ4v) is 5.82. The van der Waals surface area contributed by atoms with Crippen LogP contribution in [0.5, 0.6) is 0 Å². The Morgan fingerprint density at radius 2 is 1.70 bits per heavy atom. The van der Waals surface area contributed by atoms with Crippen LogP contribution in [0.3, 0.4) is 0 Å². The van der Waals surface area contributed by atoms with Crippen LogP contribution in [-0.4, -0.2) is 49.4 Å². The molecule has 6 nitrogen and oxygen atoms in total. The molecule has 3 aliphatic rings. The molecule has 1 spiro atoms. The van der Waals surface area contributed by atoms with Gasteiger partial charge in [-0.2, -0.15) is 0 Å². The number of amides is 1. The maximum atomic E-state index is 13.3. The van der Waals surface area contributed by atoms with Gasteiger partial charge in [-0.25, -0.2) is 0 Å².